The minimum Gasteiger partial charge on any atom is -0.348 e. The zero-order chi connectivity index (χ0) is 28.7. The summed E-state index contributed by atoms with van der Waals surface area (Å²) in [6.45, 7) is 3.76. The molecule has 1 aliphatic rings. The van der Waals surface area contributed by atoms with Gasteiger partial charge in [0.05, 0.1) is 17.3 Å². The van der Waals surface area contributed by atoms with Crippen molar-refractivity contribution in [3.63, 3.8) is 0 Å². The van der Waals surface area contributed by atoms with Gasteiger partial charge in [-0.3, -0.25) is 14.2 Å². The largest absolute Gasteiger partial charge is 0.348 e. The van der Waals surface area contributed by atoms with Crippen molar-refractivity contribution in [3.8, 4) is 5.69 Å². The minimum atomic E-state index is -0.673. The van der Waals surface area contributed by atoms with Gasteiger partial charge < -0.3 is 9.72 Å². The Kier molecular flexibility index (Phi) is 6.78. The second-order valence-corrected chi connectivity index (χ2v) is 10.2. The summed E-state index contributed by atoms with van der Waals surface area (Å²) in [5, 5.41) is 2.97. The summed E-state index contributed by atoms with van der Waals surface area (Å²) >= 11 is 0. The van der Waals surface area contributed by atoms with Crippen LogP contribution >= 0.6 is 0 Å². The molecule has 6 rings (SSSR count). The van der Waals surface area contributed by atoms with Gasteiger partial charge in [0, 0.05) is 24.5 Å². The Morgan fingerprint density at radius 1 is 1.05 bits per heavy atom. The Bertz CT molecular complexity index is 1930. The number of rotatable bonds is 6. The third kappa shape index (κ3) is 4.94. The number of aromatic nitrogens is 5. The molecule has 1 amide bonds. The van der Waals surface area contributed by atoms with E-state index in [-0.39, 0.29) is 28.7 Å². The molecule has 1 fully saturated rings. The third-order valence-electron chi connectivity index (χ3n) is 7.49. The summed E-state index contributed by atoms with van der Waals surface area (Å²) in [6, 6.07) is 10.5. The van der Waals surface area contributed by atoms with Crippen molar-refractivity contribution >= 4 is 22.6 Å². The van der Waals surface area contributed by atoms with Crippen molar-refractivity contribution in [2.24, 2.45) is 0 Å². The fourth-order valence-corrected chi connectivity index (χ4v) is 5.54. The van der Waals surface area contributed by atoms with Crippen LogP contribution in [-0.4, -0.2) is 35.5 Å². The molecule has 0 bridgehead atoms. The van der Waals surface area contributed by atoms with E-state index < -0.39 is 28.9 Å². The smallest absolute Gasteiger partial charge is 0.337 e. The molecule has 0 saturated heterocycles. The molecule has 5 aromatic rings. The van der Waals surface area contributed by atoms with Gasteiger partial charge in [0.2, 0.25) is 0 Å². The first kappa shape index (κ1) is 26.3. The molecule has 0 radical (unpaired) electrons. The molecule has 1 aliphatic carbocycles. The van der Waals surface area contributed by atoms with Gasteiger partial charge in [-0.05, 0) is 68.0 Å². The number of hydrogen-bond donors (Lipinski definition) is 1. The molecule has 1 saturated carbocycles. The van der Waals surface area contributed by atoms with Crippen LogP contribution in [0.15, 0.2) is 83.3 Å². The van der Waals surface area contributed by atoms with Crippen molar-refractivity contribution in [1.29, 1.82) is 0 Å². The maximum Gasteiger partial charge on any atom is 0.337 e. The summed E-state index contributed by atoms with van der Waals surface area (Å²) in [5.74, 6) is -1.50. The molecule has 0 aliphatic heterocycles. The van der Waals surface area contributed by atoms with Gasteiger partial charge in [-0.2, -0.15) is 0 Å². The average molecular weight is 557 g/mol. The van der Waals surface area contributed by atoms with E-state index in [1.165, 1.54) is 38.1 Å². The van der Waals surface area contributed by atoms with E-state index in [4.69, 9.17) is 0 Å². The molecule has 41 heavy (non-hydrogen) atoms. The first-order chi connectivity index (χ1) is 19.8. The fourth-order valence-electron chi connectivity index (χ4n) is 5.54. The first-order valence-electron chi connectivity index (χ1n) is 13.3. The number of hydrogen-bond acceptors (Lipinski definition) is 5. The lowest BCUT2D eigenvalue weighted by molar-refractivity contribution is 0.0917. The van der Waals surface area contributed by atoms with Crippen LogP contribution in [0.3, 0.4) is 0 Å². The first-order valence-corrected chi connectivity index (χ1v) is 13.3. The summed E-state index contributed by atoms with van der Waals surface area (Å²) in [7, 11) is 0. The second kappa shape index (κ2) is 10.6. The van der Waals surface area contributed by atoms with E-state index in [1.807, 2.05) is 12.1 Å². The number of imidazole rings is 1. The van der Waals surface area contributed by atoms with Crippen molar-refractivity contribution in [1.82, 2.24) is 28.8 Å². The van der Waals surface area contributed by atoms with Crippen molar-refractivity contribution in [2.45, 2.75) is 44.2 Å². The van der Waals surface area contributed by atoms with Crippen LogP contribution < -0.4 is 16.6 Å². The van der Waals surface area contributed by atoms with Gasteiger partial charge >= 0.3 is 5.69 Å². The summed E-state index contributed by atoms with van der Waals surface area (Å²) in [5.41, 5.74) is 0.987. The molecule has 11 heteroatoms. The summed E-state index contributed by atoms with van der Waals surface area (Å²) < 4.78 is 31.7. The molecular formula is C30H26F2N6O3. The Balaban J connectivity index is 1.29. The highest BCUT2D eigenvalue weighted by atomic mass is 19.1. The number of amides is 1. The van der Waals surface area contributed by atoms with Gasteiger partial charge in [-0.1, -0.05) is 18.2 Å². The molecule has 1 aromatic carbocycles. The van der Waals surface area contributed by atoms with E-state index in [1.54, 1.807) is 18.2 Å². The molecule has 1 N–H and O–H groups in total. The number of carbonyl (C=O) groups is 1. The third-order valence-corrected chi connectivity index (χ3v) is 7.49. The molecular weight excluding hydrogens is 530 g/mol. The molecule has 0 unspecified atom stereocenters. The highest BCUT2D eigenvalue weighted by Gasteiger charge is 2.28. The lowest BCUT2D eigenvalue weighted by Crippen LogP contribution is -2.45. The topological polar surface area (TPSA) is 103 Å². The Morgan fingerprint density at radius 3 is 2.63 bits per heavy atom. The lowest BCUT2D eigenvalue weighted by Gasteiger charge is -2.30. The standard InChI is InChI=1S/C30H26F2N6O3/c1-2-4-18-5-3-6-23(13-18)37-27-24(14-20(32)15-33-27)29(40)38(30(37)41)22-10-8-21(9-11-22)34-28(39)25-17-36-16-19(31)7-12-26(36)35-25/h2-3,5-7,12-17,21-22H,1,4,8-11H2,(H,34,39). The Hall–Kier alpha value is -4.93. The van der Waals surface area contributed by atoms with Crippen molar-refractivity contribution in [3.05, 3.63) is 117 Å². The van der Waals surface area contributed by atoms with Crippen LogP contribution in [0.25, 0.3) is 22.4 Å². The normalized spacial score (nSPS) is 17.1. The molecule has 0 spiro atoms. The predicted molar refractivity (Wildman–Crippen MR) is 149 cm³/mol. The van der Waals surface area contributed by atoms with Crippen LogP contribution in [0.2, 0.25) is 0 Å². The monoisotopic (exact) mass is 556 g/mol. The molecule has 208 valence electrons. The fraction of sp³-hybridized carbons (Fsp3) is 0.233. The van der Waals surface area contributed by atoms with Crippen molar-refractivity contribution in [2.75, 3.05) is 0 Å². The molecule has 4 heterocycles. The maximum atomic E-state index is 14.2. The Labute approximate surface area is 232 Å². The quantitative estimate of drug-likeness (QED) is 0.317. The highest BCUT2D eigenvalue weighted by Crippen LogP contribution is 2.28. The number of pyridine rings is 2. The van der Waals surface area contributed by atoms with Gasteiger partial charge in [-0.25, -0.2) is 28.1 Å². The number of carbonyl (C=O) groups excluding carboxylic acids is 1. The van der Waals surface area contributed by atoms with Crippen LogP contribution in [0.5, 0.6) is 0 Å². The Morgan fingerprint density at radius 2 is 1.85 bits per heavy atom. The number of allylic oxidation sites excluding steroid dienone is 1. The molecule has 9 nitrogen and oxygen atoms in total. The van der Waals surface area contributed by atoms with E-state index in [0.717, 1.165) is 17.8 Å². The predicted octanol–water partition coefficient (Wildman–Crippen LogP) is 4.12. The van der Waals surface area contributed by atoms with Crippen molar-refractivity contribution < 1.29 is 13.6 Å². The minimum absolute atomic E-state index is 0.0115. The van der Waals surface area contributed by atoms with Gasteiger partial charge in [-0.15, -0.1) is 6.58 Å². The zero-order valence-corrected chi connectivity index (χ0v) is 22.0. The zero-order valence-electron chi connectivity index (χ0n) is 22.0. The van der Waals surface area contributed by atoms with Crippen LogP contribution in [-0.2, 0) is 6.42 Å². The molecule has 0 atom stereocenters. The highest BCUT2D eigenvalue weighted by molar-refractivity contribution is 5.93. The van der Waals surface area contributed by atoms with Gasteiger partial charge in [0.15, 0.2) is 5.65 Å². The number of benzene rings is 1. The van der Waals surface area contributed by atoms with Gasteiger partial charge in [0.25, 0.3) is 11.5 Å². The van der Waals surface area contributed by atoms with E-state index >= 15 is 0 Å². The van der Waals surface area contributed by atoms with E-state index in [0.29, 0.717) is 43.4 Å². The van der Waals surface area contributed by atoms with E-state index in [9.17, 15) is 23.2 Å². The van der Waals surface area contributed by atoms with Crippen LogP contribution in [0.4, 0.5) is 8.78 Å². The number of halogens is 2. The SMILES string of the molecule is C=CCc1cccc(-n2c(=O)n(C3CCC(NC(=O)c4cn5cc(F)ccc5n4)CC3)c(=O)c3cc(F)cnc32)c1. The molecule has 4 aromatic heterocycles. The maximum absolute atomic E-state index is 14.2. The number of nitrogens with zero attached hydrogens (tertiary/aromatic N) is 5. The van der Waals surface area contributed by atoms with E-state index in [2.05, 4.69) is 21.9 Å². The summed E-state index contributed by atoms with van der Waals surface area (Å²) in [6.07, 6.45) is 7.95. The lowest BCUT2D eigenvalue weighted by atomic mass is 9.90. The van der Waals surface area contributed by atoms with Crippen LogP contribution in [0, 0.1) is 11.6 Å². The van der Waals surface area contributed by atoms with Crippen LogP contribution in [0.1, 0.15) is 47.8 Å². The number of nitrogens with one attached hydrogen (secondary N) is 1. The summed E-state index contributed by atoms with van der Waals surface area (Å²) in [4.78, 5) is 48.6. The van der Waals surface area contributed by atoms with Gasteiger partial charge in [0.1, 0.15) is 23.0 Å². The average Bonchev–Trinajstić information content (AvgIpc) is 3.38. The second-order valence-electron chi connectivity index (χ2n) is 10.2. The number of fused-ring (bicyclic) bond motifs is 2.